The fraction of sp³-hybridized carbons (Fsp3) is 0.500. The Labute approximate surface area is 126 Å². The topological polar surface area (TPSA) is 76.4 Å². The third-order valence-electron chi connectivity index (χ3n) is 3.18. The predicted molar refractivity (Wildman–Crippen MR) is 82.8 cm³/mol. The molecule has 1 amide bonds. The molecule has 0 saturated heterocycles. The number of nitrogens with one attached hydrogen (secondary N) is 1. The standard InChI is InChI=1S/C16H23N3O2/c1-5-19(11-16(3,4)21)12(2)15(20)18-14-8-6-7-13(9-14)10-17/h6-9,12,21H,5,11H2,1-4H3,(H,18,20). The molecule has 0 spiro atoms. The number of hydrogen-bond acceptors (Lipinski definition) is 4. The molecule has 1 atom stereocenters. The highest BCUT2D eigenvalue weighted by molar-refractivity contribution is 5.94. The normalized spacial score (nSPS) is 12.8. The van der Waals surface area contributed by atoms with Crippen LogP contribution in [0.15, 0.2) is 24.3 Å². The minimum absolute atomic E-state index is 0.156. The molecule has 0 radical (unpaired) electrons. The van der Waals surface area contributed by atoms with Crippen LogP contribution in [0, 0.1) is 11.3 Å². The number of hydrogen-bond donors (Lipinski definition) is 2. The Kier molecular flexibility index (Phi) is 5.89. The van der Waals surface area contributed by atoms with Crippen molar-refractivity contribution in [2.45, 2.75) is 39.3 Å². The molecule has 0 fully saturated rings. The first-order valence-corrected chi connectivity index (χ1v) is 7.04. The smallest absolute Gasteiger partial charge is 0.241 e. The van der Waals surface area contributed by atoms with Crippen LogP contribution in [-0.2, 0) is 4.79 Å². The number of rotatable bonds is 6. The van der Waals surface area contributed by atoms with Crippen molar-refractivity contribution in [3.05, 3.63) is 29.8 Å². The Bertz CT molecular complexity index is 529. The van der Waals surface area contributed by atoms with Gasteiger partial charge in [0.2, 0.25) is 5.91 Å². The van der Waals surface area contributed by atoms with Gasteiger partial charge in [-0.25, -0.2) is 0 Å². The number of carbonyl (C=O) groups excluding carboxylic acids is 1. The van der Waals surface area contributed by atoms with Crippen LogP contribution in [-0.4, -0.2) is 40.6 Å². The Balaban J connectivity index is 2.75. The second-order valence-corrected chi connectivity index (χ2v) is 5.73. The molecule has 114 valence electrons. The zero-order valence-electron chi connectivity index (χ0n) is 13.1. The Hall–Kier alpha value is -1.90. The summed E-state index contributed by atoms with van der Waals surface area (Å²) in [5.74, 6) is -0.156. The first-order valence-electron chi connectivity index (χ1n) is 7.04. The van der Waals surface area contributed by atoms with Crippen LogP contribution < -0.4 is 5.32 Å². The number of amides is 1. The molecule has 21 heavy (non-hydrogen) atoms. The molecule has 1 aromatic rings. The number of carbonyl (C=O) groups is 1. The van der Waals surface area contributed by atoms with Crippen molar-refractivity contribution in [3.8, 4) is 6.07 Å². The zero-order valence-corrected chi connectivity index (χ0v) is 13.1. The molecule has 0 saturated carbocycles. The summed E-state index contributed by atoms with van der Waals surface area (Å²) in [6, 6.07) is 8.47. The molecule has 5 nitrogen and oxygen atoms in total. The highest BCUT2D eigenvalue weighted by Crippen LogP contribution is 2.13. The van der Waals surface area contributed by atoms with Crippen molar-refractivity contribution in [2.24, 2.45) is 0 Å². The van der Waals surface area contributed by atoms with E-state index in [0.717, 1.165) is 0 Å². The van der Waals surface area contributed by atoms with E-state index >= 15 is 0 Å². The van der Waals surface area contributed by atoms with Crippen LogP contribution >= 0.6 is 0 Å². The first-order chi connectivity index (χ1) is 9.76. The van der Waals surface area contributed by atoms with Gasteiger partial charge in [0.1, 0.15) is 0 Å². The van der Waals surface area contributed by atoms with E-state index in [-0.39, 0.29) is 11.9 Å². The van der Waals surface area contributed by atoms with Gasteiger partial charge in [0.25, 0.3) is 0 Å². The summed E-state index contributed by atoms with van der Waals surface area (Å²) < 4.78 is 0. The largest absolute Gasteiger partial charge is 0.389 e. The summed E-state index contributed by atoms with van der Waals surface area (Å²) >= 11 is 0. The van der Waals surface area contributed by atoms with Gasteiger partial charge in [0.15, 0.2) is 0 Å². The lowest BCUT2D eigenvalue weighted by Gasteiger charge is -2.32. The van der Waals surface area contributed by atoms with Crippen molar-refractivity contribution in [2.75, 3.05) is 18.4 Å². The van der Waals surface area contributed by atoms with Crippen LogP contribution in [0.4, 0.5) is 5.69 Å². The van der Waals surface area contributed by atoms with Crippen molar-refractivity contribution in [3.63, 3.8) is 0 Å². The molecule has 0 aromatic heterocycles. The molecule has 0 aliphatic heterocycles. The van der Waals surface area contributed by atoms with Gasteiger partial charge in [0.05, 0.1) is 23.3 Å². The van der Waals surface area contributed by atoms with Gasteiger partial charge in [-0.05, 0) is 45.5 Å². The average Bonchev–Trinajstić information content (AvgIpc) is 2.43. The molecule has 2 N–H and O–H groups in total. The van der Waals surface area contributed by atoms with Gasteiger partial charge >= 0.3 is 0 Å². The molecule has 5 heteroatoms. The summed E-state index contributed by atoms with van der Waals surface area (Å²) in [6.45, 7) is 8.27. The SMILES string of the molecule is CCN(CC(C)(C)O)C(C)C(=O)Nc1cccc(C#N)c1. The second-order valence-electron chi connectivity index (χ2n) is 5.73. The van der Waals surface area contributed by atoms with Crippen LogP contribution in [0.2, 0.25) is 0 Å². The summed E-state index contributed by atoms with van der Waals surface area (Å²) in [7, 11) is 0. The maximum absolute atomic E-state index is 12.3. The number of likely N-dealkylation sites (N-methyl/N-ethyl adjacent to an activating group) is 1. The number of benzene rings is 1. The van der Waals surface area contributed by atoms with Gasteiger partial charge < -0.3 is 10.4 Å². The monoisotopic (exact) mass is 289 g/mol. The lowest BCUT2D eigenvalue weighted by atomic mass is 10.1. The molecule has 0 aliphatic rings. The summed E-state index contributed by atoms with van der Waals surface area (Å²) in [4.78, 5) is 14.2. The molecular formula is C16H23N3O2. The average molecular weight is 289 g/mol. The van der Waals surface area contributed by atoms with E-state index < -0.39 is 5.60 Å². The molecule has 1 unspecified atom stereocenters. The second kappa shape index (κ2) is 7.21. The van der Waals surface area contributed by atoms with Crippen LogP contribution in [0.1, 0.15) is 33.3 Å². The van der Waals surface area contributed by atoms with E-state index in [2.05, 4.69) is 5.32 Å². The minimum Gasteiger partial charge on any atom is -0.389 e. The highest BCUT2D eigenvalue weighted by atomic mass is 16.3. The number of nitriles is 1. The Morgan fingerprint density at radius 2 is 2.19 bits per heavy atom. The van der Waals surface area contributed by atoms with Crippen molar-refractivity contribution in [1.29, 1.82) is 5.26 Å². The van der Waals surface area contributed by atoms with Gasteiger partial charge in [-0.15, -0.1) is 0 Å². The summed E-state index contributed by atoms with van der Waals surface area (Å²) in [6.07, 6.45) is 0. The van der Waals surface area contributed by atoms with Crippen LogP contribution in [0.3, 0.4) is 0 Å². The number of nitrogens with zero attached hydrogens (tertiary/aromatic N) is 2. The summed E-state index contributed by atoms with van der Waals surface area (Å²) in [5.41, 5.74) is 0.250. The molecule has 1 rings (SSSR count). The molecule has 0 aliphatic carbocycles. The van der Waals surface area contributed by atoms with Gasteiger partial charge in [-0.3, -0.25) is 9.69 Å². The van der Waals surface area contributed by atoms with E-state index in [0.29, 0.717) is 24.3 Å². The maximum atomic E-state index is 12.3. The quantitative estimate of drug-likeness (QED) is 0.839. The van der Waals surface area contributed by atoms with Crippen LogP contribution in [0.25, 0.3) is 0 Å². The van der Waals surface area contributed by atoms with E-state index in [9.17, 15) is 9.90 Å². The van der Waals surface area contributed by atoms with Crippen molar-refractivity contribution in [1.82, 2.24) is 4.90 Å². The van der Waals surface area contributed by atoms with Crippen molar-refractivity contribution >= 4 is 11.6 Å². The first kappa shape index (κ1) is 17.2. The third-order valence-corrected chi connectivity index (χ3v) is 3.18. The fourth-order valence-electron chi connectivity index (χ4n) is 2.10. The molecule has 0 heterocycles. The Morgan fingerprint density at radius 3 is 2.71 bits per heavy atom. The third kappa shape index (κ3) is 5.54. The van der Waals surface area contributed by atoms with Crippen LogP contribution in [0.5, 0.6) is 0 Å². The number of aliphatic hydroxyl groups is 1. The van der Waals surface area contributed by atoms with E-state index in [1.807, 2.05) is 17.9 Å². The van der Waals surface area contributed by atoms with E-state index in [4.69, 9.17) is 5.26 Å². The lowest BCUT2D eigenvalue weighted by molar-refractivity contribution is -0.121. The number of anilines is 1. The van der Waals surface area contributed by atoms with E-state index in [1.54, 1.807) is 45.0 Å². The Morgan fingerprint density at radius 1 is 1.52 bits per heavy atom. The van der Waals surface area contributed by atoms with Gasteiger partial charge in [0, 0.05) is 12.2 Å². The van der Waals surface area contributed by atoms with E-state index in [1.165, 1.54) is 0 Å². The highest BCUT2D eigenvalue weighted by Gasteiger charge is 2.25. The van der Waals surface area contributed by atoms with Gasteiger partial charge in [-0.1, -0.05) is 13.0 Å². The maximum Gasteiger partial charge on any atom is 0.241 e. The predicted octanol–water partition coefficient (Wildman–Crippen LogP) is 1.98. The fourth-order valence-corrected chi connectivity index (χ4v) is 2.10. The lowest BCUT2D eigenvalue weighted by Crippen LogP contribution is -2.48. The van der Waals surface area contributed by atoms with Gasteiger partial charge in [-0.2, -0.15) is 5.26 Å². The molecule has 0 bridgehead atoms. The zero-order chi connectivity index (χ0) is 16.0. The summed E-state index contributed by atoms with van der Waals surface area (Å²) in [5, 5.41) is 21.6. The molecule has 1 aromatic carbocycles. The minimum atomic E-state index is -0.856. The van der Waals surface area contributed by atoms with Crippen molar-refractivity contribution < 1.29 is 9.90 Å². The molecular weight excluding hydrogens is 266 g/mol.